The van der Waals surface area contributed by atoms with Crippen LogP contribution in [0.1, 0.15) is 17.3 Å². The number of aromatic carboxylic acids is 1. The van der Waals surface area contributed by atoms with Gasteiger partial charge in [-0.15, -0.1) is 0 Å². The number of anilines is 1. The van der Waals surface area contributed by atoms with Crippen LogP contribution >= 0.6 is 11.6 Å². The number of hydrogen-bond acceptors (Lipinski definition) is 3. The van der Waals surface area contributed by atoms with Crippen molar-refractivity contribution in [3.8, 4) is 0 Å². The molecule has 92 valence electrons. The molecule has 17 heavy (non-hydrogen) atoms. The molecule has 1 aromatic rings. The molecule has 1 rings (SSSR count). The number of carbonyl (C=O) groups excluding carboxylic acids is 1. The summed E-state index contributed by atoms with van der Waals surface area (Å²) in [6.07, 6.45) is 0. The van der Waals surface area contributed by atoms with Gasteiger partial charge in [-0.3, -0.25) is 4.79 Å². The van der Waals surface area contributed by atoms with Gasteiger partial charge in [0.25, 0.3) is 0 Å². The van der Waals surface area contributed by atoms with Crippen LogP contribution in [0.15, 0.2) is 18.2 Å². The van der Waals surface area contributed by atoms with Gasteiger partial charge in [-0.2, -0.15) is 0 Å². The maximum absolute atomic E-state index is 11.1. The lowest BCUT2D eigenvalue weighted by Gasteiger charge is -2.23. The van der Waals surface area contributed by atoms with E-state index in [0.29, 0.717) is 12.2 Å². The van der Waals surface area contributed by atoms with Gasteiger partial charge in [-0.1, -0.05) is 17.7 Å². The maximum atomic E-state index is 11.1. The Morgan fingerprint density at radius 3 is 2.59 bits per heavy atom. The van der Waals surface area contributed by atoms with Crippen molar-refractivity contribution in [3.63, 3.8) is 0 Å². The molecular formula is C11H13ClN2O3. The Hall–Kier alpha value is -1.75. The molecule has 0 spiro atoms. The summed E-state index contributed by atoms with van der Waals surface area (Å²) in [6, 6.07) is 4.72. The van der Waals surface area contributed by atoms with E-state index in [4.69, 9.17) is 22.4 Å². The molecule has 6 heteroatoms. The Labute approximate surface area is 104 Å². The number of rotatable bonds is 5. The van der Waals surface area contributed by atoms with Crippen LogP contribution in [0.4, 0.5) is 5.69 Å². The van der Waals surface area contributed by atoms with E-state index in [2.05, 4.69) is 0 Å². The van der Waals surface area contributed by atoms with Crippen LogP contribution < -0.4 is 10.6 Å². The third-order valence-corrected chi connectivity index (χ3v) is 2.59. The number of halogens is 1. The SMILES string of the molecule is CCN(CC(N)=O)c1cccc(Cl)c1C(=O)O. The molecule has 0 aliphatic heterocycles. The molecule has 3 N–H and O–H groups in total. The third-order valence-electron chi connectivity index (χ3n) is 2.27. The van der Waals surface area contributed by atoms with Crippen LogP contribution in [0.25, 0.3) is 0 Å². The van der Waals surface area contributed by atoms with Gasteiger partial charge in [-0.05, 0) is 19.1 Å². The van der Waals surface area contributed by atoms with Crippen LogP contribution in [0, 0.1) is 0 Å². The van der Waals surface area contributed by atoms with Gasteiger partial charge in [0.05, 0.1) is 17.3 Å². The van der Waals surface area contributed by atoms with E-state index in [1.165, 1.54) is 6.07 Å². The molecule has 0 fully saturated rings. The summed E-state index contributed by atoms with van der Waals surface area (Å²) < 4.78 is 0. The van der Waals surface area contributed by atoms with E-state index in [1.54, 1.807) is 24.0 Å². The zero-order chi connectivity index (χ0) is 13.0. The molecular weight excluding hydrogens is 244 g/mol. The zero-order valence-corrected chi connectivity index (χ0v) is 10.1. The molecule has 0 saturated heterocycles. The van der Waals surface area contributed by atoms with E-state index in [1.807, 2.05) is 0 Å². The lowest BCUT2D eigenvalue weighted by atomic mass is 10.1. The van der Waals surface area contributed by atoms with E-state index in [9.17, 15) is 9.59 Å². The molecule has 0 saturated carbocycles. The monoisotopic (exact) mass is 256 g/mol. The number of hydrogen-bond donors (Lipinski definition) is 2. The van der Waals surface area contributed by atoms with Crippen molar-refractivity contribution in [1.29, 1.82) is 0 Å². The Morgan fingerprint density at radius 2 is 2.12 bits per heavy atom. The largest absolute Gasteiger partial charge is 0.478 e. The number of carboxylic acid groups (broad SMARTS) is 1. The molecule has 5 nitrogen and oxygen atoms in total. The number of benzene rings is 1. The van der Waals surface area contributed by atoms with Crippen molar-refractivity contribution in [2.45, 2.75) is 6.92 Å². The Morgan fingerprint density at radius 1 is 1.47 bits per heavy atom. The van der Waals surface area contributed by atoms with Crippen LogP contribution in [0.3, 0.4) is 0 Å². The van der Waals surface area contributed by atoms with Crippen molar-refractivity contribution in [3.05, 3.63) is 28.8 Å². The number of amides is 1. The first-order valence-corrected chi connectivity index (χ1v) is 5.40. The summed E-state index contributed by atoms with van der Waals surface area (Å²) in [7, 11) is 0. The number of nitrogens with two attached hydrogens (primary N) is 1. The molecule has 1 amide bonds. The highest BCUT2D eigenvalue weighted by atomic mass is 35.5. The Bertz CT molecular complexity index is 448. The summed E-state index contributed by atoms with van der Waals surface area (Å²) in [6.45, 7) is 2.22. The van der Waals surface area contributed by atoms with Crippen molar-refractivity contribution in [1.82, 2.24) is 0 Å². The highest BCUT2D eigenvalue weighted by Gasteiger charge is 2.19. The van der Waals surface area contributed by atoms with Gasteiger partial charge in [0.15, 0.2) is 0 Å². The summed E-state index contributed by atoms with van der Waals surface area (Å²) in [4.78, 5) is 23.6. The topological polar surface area (TPSA) is 83.6 Å². The predicted molar refractivity (Wildman–Crippen MR) is 65.5 cm³/mol. The minimum Gasteiger partial charge on any atom is -0.478 e. The van der Waals surface area contributed by atoms with E-state index in [-0.39, 0.29) is 17.1 Å². The fourth-order valence-corrected chi connectivity index (χ4v) is 1.79. The Balaban J connectivity index is 3.23. The average Bonchev–Trinajstić information content (AvgIpc) is 2.24. The molecule has 0 aliphatic carbocycles. The van der Waals surface area contributed by atoms with Crippen LogP contribution in [-0.4, -0.2) is 30.1 Å². The van der Waals surface area contributed by atoms with Crippen LogP contribution in [0.5, 0.6) is 0 Å². The van der Waals surface area contributed by atoms with Gasteiger partial charge in [-0.25, -0.2) is 4.79 Å². The highest BCUT2D eigenvalue weighted by molar-refractivity contribution is 6.34. The quantitative estimate of drug-likeness (QED) is 0.833. The molecule has 0 heterocycles. The number of primary amides is 1. The lowest BCUT2D eigenvalue weighted by molar-refractivity contribution is -0.116. The third kappa shape index (κ3) is 3.10. The van der Waals surface area contributed by atoms with Crippen LogP contribution in [0.2, 0.25) is 5.02 Å². The first kappa shape index (κ1) is 13.3. The number of carbonyl (C=O) groups is 2. The number of carboxylic acids is 1. The molecule has 0 aliphatic rings. The zero-order valence-electron chi connectivity index (χ0n) is 9.31. The van der Waals surface area contributed by atoms with E-state index >= 15 is 0 Å². The van der Waals surface area contributed by atoms with E-state index in [0.717, 1.165) is 0 Å². The normalized spacial score (nSPS) is 10.0. The first-order chi connectivity index (χ1) is 7.97. The maximum Gasteiger partial charge on any atom is 0.339 e. The van der Waals surface area contributed by atoms with E-state index < -0.39 is 11.9 Å². The number of likely N-dealkylation sites (N-methyl/N-ethyl adjacent to an activating group) is 1. The second kappa shape index (κ2) is 5.54. The van der Waals surface area contributed by atoms with Gasteiger partial charge >= 0.3 is 5.97 Å². The van der Waals surface area contributed by atoms with Gasteiger partial charge in [0.2, 0.25) is 5.91 Å². The highest BCUT2D eigenvalue weighted by Crippen LogP contribution is 2.27. The molecule has 0 atom stereocenters. The smallest absolute Gasteiger partial charge is 0.339 e. The molecule has 0 aromatic heterocycles. The second-order valence-corrected chi connectivity index (χ2v) is 3.83. The van der Waals surface area contributed by atoms with Crippen molar-refractivity contribution in [2.24, 2.45) is 5.73 Å². The summed E-state index contributed by atoms with van der Waals surface area (Å²) in [5, 5.41) is 9.23. The van der Waals surface area contributed by atoms with Crippen molar-refractivity contribution >= 4 is 29.2 Å². The number of nitrogens with zero attached hydrogens (tertiary/aromatic N) is 1. The standard InChI is InChI=1S/C11H13ClN2O3/c1-2-14(6-9(13)15)8-5-3-4-7(12)10(8)11(16)17/h3-5H,2,6H2,1H3,(H2,13,15)(H,16,17). The lowest BCUT2D eigenvalue weighted by Crippen LogP contribution is -2.34. The molecule has 1 aromatic carbocycles. The Kier molecular flexibility index (Phi) is 4.34. The average molecular weight is 257 g/mol. The summed E-state index contributed by atoms with van der Waals surface area (Å²) in [5.74, 6) is -1.66. The van der Waals surface area contributed by atoms with Crippen LogP contribution in [-0.2, 0) is 4.79 Å². The summed E-state index contributed by atoms with van der Waals surface area (Å²) in [5.41, 5.74) is 5.49. The van der Waals surface area contributed by atoms with Gasteiger partial charge < -0.3 is 15.7 Å². The fraction of sp³-hybridized carbons (Fsp3) is 0.273. The molecule has 0 radical (unpaired) electrons. The summed E-state index contributed by atoms with van der Waals surface area (Å²) >= 11 is 5.84. The minimum atomic E-state index is -1.13. The minimum absolute atomic E-state index is 0.0164. The van der Waals surface area contributed by atoms with Crippen molar-refractivity contribution in [2.75, 3.05) is 18.0 Å². The molecule has 0 unspecified atom stereocenters. The fourth-order valence-electron chi connectivity index (χ4n) is 1.54. The van der Waals surface area contributed by atoms with Crippen molar-refractivity contribution < 1.29 is 14.7 Å². The predicted octanol–water partition coefficient (Wildman–Crippen LogP) is 1.35. The first-order valence-electron chi connectivity index (χ1n) is 5.02. The van der Waals surface area contributed by atoms with Gasteiger partial charge in [0.1, 0.15) is 5.56 Å². The van der Waals surface area contributed by atoms with Gasteiger partial charge in [0, 0.05) is 6.54 Å². The molecule has 0 bridgehead atoms. The second-order valence-electron chi connectivity index (χ2n) is 3.42.